The molecule has 2 heterocycles. The van der Waals surface area contributed by atoms with Gasteiger partial charge in [-0.05, 0) is 37.8 Å². The molecule has 1 saturated heterocycles. The summed E-state index contributed by atoms with van der Waals surface area (Å²) in [4.78, 5) is 19.0. The molecule has 2 aromatic rings. The van der Waals surface area contributed by atoms with Crippen molar-refractivity contribution in [3.8, 4) is 0 Å². The number of rotatable bonds is 6. The van der Waals surface area contributed by atoms with Gasteiger partial charge in [-0.2, -0.15) is 4.98 Å². The van der Waals surface area contributed by atoms with Gasteiger partial charge in [-0.15, -0.1) is 0 Å². The van der Waals surface area contributed by atoms with Crippen LogP contribution in [0.3, 0.4) is 0 Å². The zero-order chi connectivity index (χ0) is 17.3. The molecule has 1 aliphatic heterocycles. The number of aromatic nitrogens is 2. The Morgan fingerprint density at radius 1 is 1.36 bits per heavy atom. The third-order valence-electron chi connectivity index (χ3n) is 5.42. The summed E-state index contributed by atoms with van der Waals surface area (Å²) in [5, 5.41) is 7.17. The lowest BCUT2D eigenvalue weighted by Gasteiger charge is -2.22. The number of carbonyl (C=O) groups is 1. The highest BCUT2D eigenvalue weighted by Crippen LogP contribution is 2.47. The fourth-order valence-electron chi connectivity index (χ4n) is 3.78. The second kappa shape index (κ2) is 6.59. The lowest BCUT2D eigenvalue weighted by Crippen LogP contribution is -2.40. The number of benzene rings is 1. The summed E-state index contributed by atoms with van der Waals surface area (Å²) in [7, 11) is 0. The van der Waals surface area contributed by atoms with Gasteiger partial charge in [0.25, 0.3) is 0 Å². The highest BCUT2D eigenvalue weighted by atomic mass is 16.5. The van der Waals surface area contributed by atoms with Gasteiger partial charge in [-0.1, -0.05) is 35.5 Å². The molecule has 25 heavy (non-hydrogen) atoms. The molecule has 1 saturated carbocycles. The fraction of sp³-hybridized carbons (Fsp3) is 0.526. The number of hydrogen-bond donors (Lipinski definition) is 1. The van der Waals surface area contributed by atoms with Gasteiger partial charge in [0, 0.05) is 18.9 Å². The number of carbonyl (C=O) groups excluding carboxylic acids is 1. The van der Waals surface area contributed by atoms with Gasteiger partial charge in [-0.25, -0.2) is 0 Å². The van der Waals surface area contributed by atoms with Gasteiger partial charge < -0.3 is 9.84 Å². The van der Waals surface area contributed by atoms with Gasteiger partial charge in [0.1, 0.15) is 0 Å². The van der Waals surface area contributed by atoms with E-state index < -0.39 is 0 Å². The molecular formula is C19H24N4O2. The van der Waals surface area contributed by atoms with Crippen LogP contribution >= 0.6 is 0 Å². The quantitative estimate of drug-likeness (QED) is 0.874. The maximum absolute atomic E-state index is 12.5. The van der Waals surface area contributed by atoms with Crippen LogP contribution in [-0.2, 0) is 10.2 Å². The molecule has 1 aromatic heterocycles. The van der Waals surface area contributed by atoms with E-state index in [1.807, 2.05) is 6.07 Å². The molecule has 4 rings (SSSR count). The van der Waals surface area contributed by atoms with Crippen LogP contribution in [0, 0.1) is 6.92 Å². The third-order valence-corrected chi connectivity index (χ3v) is 5.42. The van der Waals surface area contributed by atoms with E-state index in [-0.39, 0.29) is 17.4 Å². The molecule has 2 fully saturated rings. The molecule has 0 radical (unpaired) electrons. The van der Waals surface area contributed by atoms with Crippen molar-refractivity contribution in [2.45, 2.75) is 44.1 Å². The zero-order valence-corrected chi connectivity index (χ0v) is 14.6. The minimum atomic E-state index is 0.0781. The summed E-state index contributed by atoms with van der Waals surface area (Å²) >= 11 is 0. The van der Waals surface area contributed by atoms with Gasteiger partial charge in [0.05, 0.1) is 12.6 Å². The van der Waals surface area contributed by atoms with Crippen LogP contribution in [-0.4, -0.2) is 40.6 Å². The minimum absolute atomic E-state index is 0.0781. The summed E-state index contributed by atoms with van der Waals surface area (Å²) in [5.41, 5.74) is 1.48. The topological polar surface area (TPSA) is 71.3 Å². The van der Waals surface area contributed by atoms with Crippen molar-refractivity contribution >= 4 is 5.91 Å². The standard InChI is InChI=1S/C19H24N4O2/c1-14-21-18(22-25-14)16-8-5-11-23(16)12-17(24)20-13-19(9-10-19)15-6-3-2-4-7-15/h2-4,6-7,16H,5,8-13H2,1H3,(H,20,24)/t16-/m0/s1. The van der Waals surface area contributed by atoms with Crippen LogP contribution in [0.2, 0.25) is 0 Å². The summed E-state index contributed by atoms with van der Waals surface area (Å²) in [6.07, 6.45) is 4.32. The summed E-state index contributed by atoms with van der Waals surface area (Å²) in [5.74, 6) is 1.35. The largest absolute Gasteiger partial charge is 0.354 e. The predicted octanol–water partition coefficient (Wildman–Crippen LogP) is 2.36. The average molecular weight is 340 g/mol. The Balaban J connectivity index is 1.33. The van der Waals surface area contributed by atoms with Crippen LogP contribution in [0.4, 0.5) is 0 Å². The predicted molar refractivity (Wildman–Crippen MR) is 92.9 cm³/mol. The maximum Gasteiger partial charge on any atom is 0.234 e. The summed E-state index contributed by atoms with van der Waals surface area (Å²) in [6, 6.07) is 10.6. The van der Waals surface area contributed by atoms with Gasteiger partial charge in [0.2, 0.25) is 11.8 Å². The molecule has 2 aliphatic rings. The van der Waals surface area contributed by atoms with E-state index in [9.17, 15) is 4.79 Å². The zero-order valence-electron chi connectivity index (χ0n) is 14.6. The monoisotopic (exact) mass is 340 g/mol. The first-order valence-electron chi connectivity index (χ1n) is 9.03. The molecular weight excluding hydrogens is 316 g/mol. The van der Waals surface area contributed by atoms with Crippen molar-refractivity contribution in [3.63, 3.8) is 0 Å². The molecule has 1 atom stereocenters. The fourth-order valence-corrected chi connectivity index (χ4v) is 3.78. The molecule has 1 N–H and O–H groups in total. The highest BCUT2D eigenvalue weighted by Gasteiger charge is 2.44. The molecule has 0 unspecified atom stereocenters. The van der Waals surface area contributed by atoms with E-state index >= 15 is 0 Å². The molecule has 6 nitrogen and oxygen atoms in total. The van der Waals surface area contributed by atoms with Crippen LogP contribution in [0.5, 0.6) is 0 Å². The highest BCUT2D eigenvalue weighted by molar-refractivity contribution is 5.78. The van der Waals surface area contributed by atoms with Crippen molar-refractivity contribution in [1.29, 1.82) is 0 Å². The van der Waals surface area contributed by atoms with E-state index in [0.29, 0.717) is 18.3 Å². The number of nitrogens with zero attached hydrogens (tertiary/aromatic N) is 3. The van der Waals surface area contributed by atoms with E-state index in [1.54, 1.807) is 6.92 Å². The molecule has 132 valence electrons. The molecule has 0 bridgehead atoms. The smallest absolute Gasteiger partial charge is 0.234 e. The van der Waals surface area contributed by atoms with Crippen molar-refractivity contribution in [2.24, 2.45) is 0 Å². The number of hydrogen-bond acceptors (Lipinski definition) is 5. The van der Waals surface area contributed by atoms with Crippen molar-refractivity contribution in [1.82, 2.24) is 20.4 Å². The van der Waals surface area contributed by atoms with Gasteiger partial charge in [-0.3, -0.25) is 9.69 Å². The lowest BCUT2D eigenvalue weighted by molar-refractivity contribution is -0.122. The Morgan fingerprint density at radius 3 is 2.84 bits per heavy atom. The third kappa shape index (κ3) is 3.44. The Kier molecular flexibility index (Phi) is 4.29. The first kappa shape index (κ1) is 16.3. The maximum atomic E-state index is 12.5. The minimum Gasteiger partial charge on any atom is -0.354 e. The Bertz CT molecular complexity index is 739. The van der Waals surface area contributed by atoms with Crippen LogP contribution in [0.15, 0.2) is 34.9 Å². The van der Waals surface area contributed by atoms with Crippen LogP contribution in [0.25, 0.3) is 0 Å². The molecule has 1 amide bonds. The molecule has 1 aliphatic carbocycles. The van der Waals surface area contributed by atoms with Crippen molar-refractivity contribution in [3.05, 3.63) is 47.6 Å². The van der Waals surface area contributed by atoms with Crippen molar-refractivity contribution < 1.29 is 9.32 Å². The van der Waals surface area contributed by atoms with Crippen LogP contribution < -0.4 is 5.32 Å². The number of amides is 1. The average Bonchev–Trinajstić information content (AvgIpc) is 3.08. The Morgan fingerprint density at radius 2 is 2.16 bits per heavy atom. The van der Waals surface area contributed by atoms with E-state index in [0.717, 1.165) is 38.8 Å². The molecule has 0 spiro atoms. The number of likely N-dealkylation sites (tertiary alicyclic amines) is 1. The molecule has 6 heteroatoms. The van der Waals surface area contributed by atoms with Crippen LogP contribution in [0.1, 0.15) is 49.0 Å². The van der Waals surface area contributed by atoms with Gasteiger partial charge >= 0.3 is 0 Å². The second-order valence-corrected chi connectivity index (χ2v) is 7.22. The van der Waals surface area contributed by atoms with E-state index in [2.05, 4.69) is 44.6 Å². The van der Waals surface area contributed by atoms with E-state index in [4.69, 9.17) is 4.52 Å². The summed E-state index contributed by atoms with van der Waals surface area (Å²) < 4.78 is 5.09. The second-order valence-electron chi connectivity index (χ2n) is 7.22. The lowest BCUT2D eigenvalue weighted by atomic mass is 9.96. The Hall–Kier alpha value is -2.21. The molecule has 1 aromatic carbocycles. The SMILES string of the molecule is Cc1nc([C@@H]2CCCN2CC(=O)NCC2(c3ccccc3)CC2)no1. The van der Waals surface area contributed by atoms with Gasteiger partial charge in [0.15, 0.2) is 5.82 Å². The normalized spacial score (nSPS) is 22.0. The van der Waals surface area contributed by atoms with E-state index in [1.165, 1.54) is 5.56 Å². The first-order valence-corrected chi connectivity index (χ1v) is 9.03. The van der Waals surface area contributed by atoms with Crippen molar-refractivity contribution in [2.75, 3.05) is 19.6 Å². The summed E-state index contributed by atoms with van der Waals surface area (Å²) in [6.45, 7) is 3.80. The number of nitrogens with one attached hydrogen (secondary N) is 1. The first-order chi connectivity index (χ1) is 12.2. The Labute approximate surface area is 147 Å². The number of aryl methyl sites for hydroxylation is 1.